The maximum atomic E-state index is 10.6. The molecule has 70 valence electrons. The number of aliphatic hydroxyl groups is 1. The maximum absolute atomic E-state index is 10.6. The molecule has 12 heavy (non-hydrogen) atoms. The molecule has 0 amide bonds. The van der Waals surface area contributed by atoms with E-state index in [1.807, 2.05) is 4.90 Å². The molecule has 1 aliphatic rings. The lowest BCUT2D eigenvalue weighted by Gasteiger charge is -2.19. The molecule has 1 heterocycles. The second-order valence-electron chi connectivity index (χ2n) is 3.35. The van der Waals surface area contributed by atoms with Crippen LogP contribution in [-0.4, -0.2) is 46.8 Å². The molecule has 1 saturated heterocycles. The van der Waals surface area contributed by atoms with Crippen LogP contribution >= 0.6 is 0 Å². The number of nitrogens with zero attached hydrogens (tertiary/aromatic N) is 1. The minimum atomic E-state index is -0.784. The number of carboxylic acid groups (broad SMARTS) is 1. The zero-order chi connectivity index (χ0) is 9.14. The Hall–Kier alpha value is -0.610. The smallest absolute Gasteiger partial charge is 0.320 e. The summed E-state index contributed by atoms with van der Waals surface area (Å²) >= 11 is 0. The molecule has 0 aliphatic carbocycles. The lowest BCUT2D eigenvalue weighted by molar-refractivity contribution is -0.142. The van der Waals surface area contributed by atoms with E-state index in [9.17, 15) is 4.79 Å². The zero-order valence-corrected chi connectivity index (χ0v) is 7.23. The van der Waals surface area contributed by atoms with Crippen molar-refractivity contribution < 1.29 is 15.0 Å². The minimum absolute atomic E-state index is 0.169. The van der Waals surface area contributed by atoms with Gasteiger partial charge in [-0.3, -0.25) is 9.69 Å². The average Bonchev–Trinajstić information content (AvgIpc) is 2.50. The van der Waals surface area contributed by atoms with Gasteiger partial charge in [0.25, 0.3) is 0 Å². The van der Waals surface area contributed by atoms with Crippen LogP contribution in [0, 0.1) is 5.92 Å². The van der Waals surface area contributed by atoms with E-state index in [-0.39, 0.29) is 12.5 Å². The van der Waals surface area contributed by atoms with Gasteiger partial charge in [-0.1, -0.05) is 0 Å². The third-order valence-electron chi connectivity index (χ3n) is 2.48. The fraction of sp³-hybridized carbons (Fsp3) is 0.875. The van der Waals surface area contributed by atoms with E-state index in [4.69, 9.17) is 10.2 Å². The van der Waals surface area contributed by atoms with E-state index in [1.54, 1.807) is 6.92 Å². The Morgan fingerprint density at radius 1 is 1.75 bits per heavy atom. The van der Waals surface area contributed by atoms with Gasteiger partial charge >= 0.3 is 5.97 Å². The van der Waals surface area contributed by atoms with E-state index in [1.165, 1.54) is 0 Å². The van der Waals surface area contributed by atoms with Crippen LogP contribution in [0.25, 0.3) is 0 Å². The Morgan fingerprint density at radius 3 is 2.83 bits per heavy atom. The number of rotatable bonds is 3. The Bertz CT molecular complexity index is 172. The fourth-order valence-electron chi connectivity index (χ4n) is 1.52. The van der Waals surface area contributed by atoms with Crippen molar-refractivity contribution in [3.05, 3.63) is 0 Å². The van der Waals surface area contributed by atoms with Crippen molar-refractivity contribution in [2.75, 3.05) is 19.7 Å². The first kappa shape index (κ1) is 9.48. The molecule has 0 aromatic rings. The van der Waals surface area contributed by atoms with Crippen LogP contribution in [0.4, 0.5) is 0 Å². The quantitative estimate of drug-likeness (QED) is 0.619. The molecule has 0 bridgehead atoms. The van der Waals surface area contributed by atoms with Crippen molar-refractivity contribution in [3.63, 3.8) is 0 Å². The van der Waals surface area contributed by atoms with Crippen LogP contribution in [0.2, 0.25) is 0 Å². The Balaban J connectivity index is 2.41. The number of carbonyl (C=O) groups is 1. The second-order valence-corrected chi connectivity index (χ2v) is 3.35. The lowest BCUT2D eigenvalue weighted by Crippen LogP contribution is -2.37. The number of carboxylic acids is 1. The van der Waals surface area contributed by atoms with Gasteiger partial charge in [-0.25, -0.2) is 0 Å². The molecule has 2 atom stereocenters. The lowest BCUT2D eigenvalue weighted by atomic mass is 10.1. The van der Waals surface area contributed by atoms with E-state index in [0.29, 0.717) is 6.54 Å². The molecule has 0 saturated carbocycles. The molecule has 0 aromatic heterocycles. The van der Waals surface area contributed by atoms with Crippen molar-refractivity contribution in [3.8, 4) is 0 Å². The molecule has 4 nitrogen and oxygen atoms in total. The molecular weight excluding hydrogens is 158 g/mol. The van der Waals surface area contributed by atoms with Gasteiger partial charge in [0, 0.05) is 13.2 Å². The summed E-state index contributed by atoms with van der Waals surface area (Å²) in [7, 11) is 0. The normalized spacial score (nSPS) is 27.3. The Kier molecular flexibility index (Phi) is 3.05. The summed E-state index contributed by atoms with van der Waals surface area (Å²) in [5, 5.41) is 17.5. The van der Waals surface area contributed by atoms with Crippen LogP contribution in [-0.2, 0) is 4.79 Å². The van der Waals surface area contributed by atoms with Crippen LogP contribution in [0.5, 0.6) is 0 Å². The molecule has 1 rings (SSSR count). The largest absolute Gasteiger partial charge is 0.480 e. The van der Waals surface area contributed by atoms with E-state index in [0.717, 1.165) is 13.0 Å². The topological polar surface area (TPSA) is 60.8 Å². The van der Waals surface area contributed by atoms with Crippen molar-refractivity contribution in [2.45, 2.75) is 19.4 Å². The van der Waals surface area contributed by atoms with Crippen molar-refractivity contribution in [1.29, 1.82) is 0 Å². The first-order chi connectivity index (χ1) is 5.65. The first-order valence-corrected chi connectivity index (χ1v) is 4.23. The predicted molar refractivity (Wildman–Crippen MR) is 43.9 cm³/mol. The fourth-order valence-corrected chi connectivity index (χ4v) is 1.52. The summed E-state index contributed by atoms with van der Waals surface area (Å²) in [4.78, 5) is 12.5. The van der Waals surface area contributed by atoms with Crippen molar-refractivity contribution in [2.24, 2.45) is 5.92 Å². The van der Waals surface area contributed by atoms with Gasteiger partial charge in [0.2, 0.25) is 0 Å². The summed E-state index contributed by atoms with van der Waals surface area (Å²) in [5.41, 5.74) is 0. The van der Waals surface area contributed by atoms with Gasteiger partial charge in [-0.05, 0) is 25.8 Å². The van der Waals surface area contributed by atoms with Gasteiger partial charge in [-0.15, -0.1) is 0 Å². The van der Waals surface area contributed by atoms with Crippen LogP contribution < -0.4 is 0 Å². The molecule has 1 fully saturated rings. The second kappa shape index (κ2) is 3.87. The summed E-state index contributed by atoms with van der Waals surface area (Å²) in [6.45, 7) is 3.35. The number of likely N-dealkylation sites (tertiary alicyclic amines) is 1. The maximum Gasteiger partial charge on any atom is 0.320 e. The number of hydrogen-bond donors (Lipinski definition) is 2. The standard InChI is InChI=1S/C8H15NO3/c1-6(8(11)12)9-3-2-7(4-9)5-10/h6-7,10H,2-5H2,1H3,(H,11,12). The Morgan fingerprint density at radius 2 is 2.42 bits per heavy atom. The van der Waals surface area contributed by atoms with Gasteiger partial charge in [0.05, 0.1) is 0 Å². The number of aliphatic carboxylic acids is 1. The highest BCUT2D eigenvalue weighted by atomic mass is 16.4. The average molecular weight is 173 g/mol. The molecule has 2 N–H and O–H groups in total. The van der Waals surface area contributed by atoms with E-state index < -0.39 is 12.0 Å². The Labute approximate surface area is 71.8 Å². The van der Waals surface area contributed by atoms with Crippen LogP contribution in [0.3, 0.4) is 0 Å². The molecule has 0 aromatic carbocycles. The number of hydrogen-bond acceptors (Lipinski definition) is 3. The van der Waals surface area contributed by atoms with Crippen LogP contribution in [0.1, 0.15) is 13.3 Å². The van der Waals surface area contributed by atoms with Gasteiger partial charge in [0.15, 0.2) is 0 Å². The van der Waals surface area contributed by atoms with Crippen LogP contribution in [0.15, 0.2) is 0 Å². The van der Waals surface area contributed by atoms with Gasteiger partial charge in [-0.2, -0.15) is 0 Å². The molecule has 0 spiro atoms. The third-order valence-corrected chi connectivity index (χ3v) is 2.48. The van der Waals surface area contributed by atoms with Gasteiger partial charge < -0.3 is 10.2 Å². The number of aliphatic hydroxyl groups excluding tert-OH is 1. The van der Waals surface area contributed by atoms with E-state index >= 15 is 0 Å². The first-order valence-electron chi connectivity index (χ1n) is 4.23. The summed E-state index contributed by atoms with van der Waals surface area (Å²) < 4.78 is 0. The monoisotopic (exact) mass is 173 g/mol. The molecule has 2 unspecified atom stereocenters. The molecule has 1 aliphatic heterocycles. The molecule has 4 heteroatoms. The predicted octanol–water partition coefficient (Wildman–Crippen LogP) is -0.226. The molecular formula is C8H15NO3. The highest BCUT2D eigenvalue weighted by molar-refractivity contribution is 5.72. The SMILES string of the molecule is CC(C(=O)O)N1CCC(CO)C1. The highest BCUT2D eigenvalue weighted by Crippen LogP contribution is 2.17. The third kappa shape index (κ3) is 1.95. The van der Waals surface area contributed by atoms with Crippen molar-refractivity contribution in [1.82, 2.24) is 4.90 Å². The summed E-state index contributed by atoms with van der Waals surface area (Å²) in [6, 6.07) is -0.415. The summed E-state index contributed by atoms with van der Waals surface area (Å²) in [6.07, 6.45) is 0.911. The van der Waals surface area contributed by atoms with Gasteiger partial charge in [0.1, 0.15) is 6.04 Å². The highest BCUT2D eigenvalue weighted by Gasteiger charge is 2.28. The van der Waals surface area contributed by atoms with Crippen molar-refractivity contribution >= 4 is 5.97 Å². The van der Waals surface area contributed by atoms with E-state index in [2.05, 4.69) is 0 Å². The zero-order valence-electron chi connectivity index (χ0n) is 7.23. The summed E-state index contributed by atoms with van der Waals surface area (Å²) in [5.74, 6) is -0.514. The minimum Gasteiger partial charge on any atom is -0.480 e. The molecule has 0 radical (unpaired) electrons.